The Kier molecular flexibility index (Phi) is 5.19. The number of ether oxygens (including phenoxy) is 2. The van der Waals surface area contributed by atoms with Gasteiger partial charge in [0.15, 0.2) is 11.4 Å². The van der Waals surface area contributed by atoms with Crippen LogP contribution in [0.1, 0.15) is 41.4 Å². The maximum atomic E-state index is 11.5. The molecule has 0 amide bonds. The Morgan fingerprint density at radius 1 is 1.07 bits per heavy atom. The molecular weight excluding hydrogens is 374 g/mol. The average Bonchev–Trinajstić information content (AvgIpc) is 3.22. The topological polar surface area (TPSA) is 134 Å². The number of nitriles is 1. The predicted molar refractivity (Wildman–Crippen MR) is 103 cm³/mol. The Balaban J connectivity index is 2.16. The zero-order valence-electron chi connectivity index (χ0n) is 16.3. The summed E-state index contributed by atoms with van der Waals surface area (Å²) in [6.45, 7) is 3.75. The highest BCUT2D eigenvalue weighted by Crippen LogP contribution is 2.34. The zero-order valence-corrected chi connectivity index (χ0v) is 16.3. The SMILES string of the molecule is COc1cc(C(=O)O)nc(C(C)(C)c2cc(OC)cc(-c3cc(C#N)n[nH]3)n2)c1. The van der Waals surface area contributed by atoms with Crippen LogP contribution < -0.4 is 9.47 Å². The van der Waals surface area contributed by atoms with Crippen molar-refractivity contribution in [2.24, 2.45) is 0 Å². The van der Waals surface area contributed by atoms with E-state index in [0.29, 0.717) is 34.3 Å². The fraction of sp³-hybridized carbons (Fsp3) is 0.250. The highest BCUT2D eigenvalue weighted by Gasteiger charge is 2.30. The molecule has 0 spiro atoms. The molecule has 0 aromatic carbocycles. The lowest BCUT2D eigenvalue weighted by Gasteiger charge is -2.25. The van der Waals surface area contributed by atoms with E-state index in [1.807, 2.05) is 19.9 Å². The Bertz CT molecular complexity index is 1110. The third-order valence-electron chi connectivity index (χ3n) is 4.54. The Morgan fingerprint density at radius 3 is 2.24 bits per heavy atom. The summed E-state index contributed by atoms with van der Waals surface area (Å²) >= 11 is 0. The second-order valence-corrected chi connectivity index (χ2v) is 6.76. The van der Waals surface area contributed by atoms with E-state index in [4.69, 9.17) is 14.7 Å². The van der Waals surface area contributed by atoms with Gasteiger partial charge in [0, 0.05) is 35.7 Å². The number of nitrogens with one attached hydrogen (secondary N) is 1. The first kappa shape index (κ1) is 19.8. The molecule has 0 saturated heterocycles. The molecule has 3 aromatic rings. The minimum Gasteiger partial charge on any atom is -0.497 e. The molecule has 0 aliphatic carbocycles. The summed E-state index contributed by atoms with van der Waals surface area (Å²) in [6, 6.07) is 10.1. The van der Waals surface area contributed by atoms with Gasteiger partial charge in [0.2, 0.25) is 0 Å². The number of H-pyrrole nitrogens is 1. The molecule has 0 fully saturated rings. The number of carbonyl (C=O) groups is 1. The van der Waals surface area contributed by atoms with E-state index in [9.17, 15) is 9.90 Å². The maximum Gasteiger partial charge on any atom is 0.354 e. The number of hydrogen-bond acceptors (Lipinski definition) is 7. The Hall–Kier alpha value is -3.93. The lowest BCUT2D eigenvalue weighted by Crippen LogP contribution is -2.24. The summed E-state index contributed by atoms with van der Waals surface area (Å²) in [6.07, 6.45) is 0. The van der Waals surface area contributed by atoms with Gasteiger partial charge in [-0.25, -0.2) is 14.8 Å². The summed E-state index contributed by atoms with van der Waals surface area (Å²) in [5, 5.41) is 25.1. The molecule has 0 atom stereocenters. The normalized spacial score (nSPS) is 11.0. The number of carboxylic acids is 1. The number of hydrogen-bond donors (Lipinski definition) is 2. The highest BCUT2D eigenvalue weighted by molar-refractivity contribution is 5.85. The van der Waals surface area contributed by atoms with Gasteiger partial charge in [-0.15, -0.1) is 0 Å². The van der Waals surface area contributed by atoms with Crippen molar-refractivity contribution in [1.29, 1.82) is 5.26 Å². The molecular formula is C20H19N5O4. The lowest BCUT2D eigenvalue weighted by atomic mass is 9.84. The van der Waals surface area contributed by atoms with Crippen molar-refractivity contribution >= 4 is 5.97 Å². The summed E-state index contributed by atoms with van der Waals surface area (Å²) in [5.41, 5.74) is 1.50. The van der Waals surface area contributed by atoms with Crippen molar-refractivity contribution in [3.63, 3.8) is 0 Å². The van der Waals surface area contributed by atoms with Gasteiger partial charge in [-0.2, -0.15) is 10.4 Å². The Morgan fingerprint density at radius 2 is 1.69 bits per heavy atom. The number of rotatable bonds is 6. The predicted octanol–water partition coefficient (Wildman–Crippen LogP) is 2.78. The molecule has 9 heteroatoms. The molecule has 3 aromatic heterocycles. The van der Waals surface area contributed by atoms with E-state index in [-0.39, 0.29) is 11.4 Å². The van der Waals surface area contributed by atoms with Gasteiger partial charge in [-0.3, -0.25) is 5.10 Å². The first-order valence-corrected chi connectivity index (χ1v) is 8.60. The van der Waals surface area contributed by atoms with Crippen LogP contribution in [0.4, 0.5) is 0 Å². The van der Waals surface area contributed by atoms with E-state index in [1.54, 1.807) is 24.3 Å². The van der Waals surface area contributed by atoms with Gasteiger partial charge in [0.25, 0.3) is 0 Å². The second kappa shape index (κ2) is 7.59. The van der Waals surface area contributed by atoms with Gasteiger partial charge in [0.05, 0.1) is 37.0 Å². The van der Waals surface area contributed by atoms with Crippen LogP contribution in [-0.2, 0) is 5.41 Å². The molecule has 0 radical (unpaired) electrons. The van der Waals surface area contributed by atoms with Gasteiger partial charge in [0.1, 0.15) is 17.6 Å². The van der Waals surface area contributed by atoms with E-state index < -0.39 is 11.4 Å². The van der Waals surface area contributed by atoms with Crippen molar-refractivity contribution in [3.8, 4) is 29.0 Å². The molecule has 3 heterocycles. The lowest BCUT2D eigenvalue weighted by molar-refractivity contribution is 0.0689. The van der Waals surface area contributed by atoms with Gasteiger partial charge < -0.3 is 14.6 Å². The monoisotopic (exact) mass is 393 g/mol. The quantitative estimate of drug-likeness (QED) is 0.653. The summed E-state index contributed by atoms with van der Waals surface area (Å²) in [7, 11) is 3.00. The molecule has 0 bridgehead atoms. The van der Waals surface area contributed by atoms with E-state index in [1.165, 1.54) is 20.3 Å². The molecule has 0 unspecified atom stereocenters. The molecule has 148 valence electrons. The largest absolute Gasteiger partial charge is 0.497 e. The van der Waals surface area contributed by atoms with Gasteiger partial charge in [-0.05, 0) is 13.8 Å². The van der Waals surface area contributed by atoms with Crippen LogP contribution in [0.5, 0.6) is 11.5 Å². The van der Waals surface area contributed by atoms with E-state index >= 15 is 0 Å². The molecule has 9 nitrogen and oxygen atoms in total. The number of aromatic amines is 1. The van der Waals surface area contributed by atoms with Crippen molar-refractivity contribution < 1.29 is 19.4 Å². The maximum absolute atomic E-state index is 11.5. The molecule has 29 heavy (non-hydrogen) atoms. The minimum absolute atomic E-state index is 0.122. The smallest absolute Gasteiger partial charge is 0.354 e. The standard InChI is InChI=1S/C20H19N5O4/c1-20(2,18-9-13(29-4)7-16(23-18)19(26)27)17-8-12(28-3)6-14(22-17)15-5-11(10-21)24-25-15/h5-9H,1-4H3,(H,24,25)(H,26,27). The van der Waals surface area contributed by atoms with Crippen molar-refractivity contribution in [1.82, 2.24) is 20.2 Å². The minimum atomic E-state index is -1.15. The summed E-state index contributed by atoms with van der Waals surface area (Å²) in [5.74, 6) is -0.218. The average molecular weight is 393 g/mol. The number of carboxylic acid groups (broad SMARTS) is 1. The molecule has 0 aliphatic heterocycles. The van der Waals surface area contributed by atoms with Crippen molar-refractivity contribution in [2.45, 2.75) is 19.3 Å². The third kappa shape index (κ3) is 3.87. The fourth-order valence-electron chi connectivity index (χ4n) is 2.78. The van der Waals surface area contributed by atoms with Crippen LogP contribution in [0.15, 0.2) is 30.3 Å². The highest BCUT2D eigenvalue weighted by atomic mass is 16.5. The van der Waals surface area contributed by atoms with E-state index in [0.717, 1.165) is 0 Å². The second-order valence-electron chi connectivity index (χ2n) is 6.76. The van der Waals surface area contributed by atoms with Gasteiger partial charge >= 0.3 is 5.97 Å². The third-order valence-corrected chi connectivity index (χ3v) is 4.54. The van der Waals surface area contributed by atoms with Crippen LogP contribution in [0.25, 0.3) is 11.4 Å². The number of pyridine rings is 2. The summed E-state index contributed by atoms with van der Waals surface area (Å²) in [4.78, 5) is 20.4. The van der Waals surface area contributed by atoms with E-state index in [2.05, 4.69) is 20.2 Å². The van der Waals surface area contributed by atoms with Crippen molar-refractivity contribution in [3.05, 3.63) is 53.1 Å². The number of nitrogens with zero attached hydrogens (tertiary/aromatic N) is 4. The van der Waals surface area contributed by atoms with Crippen molar-refractivity contribution in [2.75, 3.05) is 14.2 Å². The van der Waals surface area contributed by atoms with Crippen LogP contribution in [0.3, 0.4) is 0 Å². The number of methoxy groups -OCH3 is 2. The molecule has 3 rings (SSSR count). The molecule has 2 N–H and O–H groups in total. The van der Waals surface area contributed by atoms with Crippen LogP contribution in [-0.4, -0.2) is 45.5 Å². The zero-order chi connectivity index (χ0) is 21.2. The van der Waals surface area contributed by atoms with Gasteiger partial charge in [-0.1, -0.05) is 0 Å². The van der Waals surface area contributed by atoms with Crippen LogP contribution >= 0.6 is 0 Å². The fourth-order valence-corrected chi connectivity index (χ4v) is 2.78. The van der Waals surface area contributed by atoms with Crippen LogP contribution in [0.2, 0.25) is 0 Å². The Labute approximate surface area is 167 Å². The summed E-state index contributed by atoms with van der Waals surface area (Å²) < 4.78 is 10.6. The molecule has 0 saturated carbocycles. The number of aromatic carboxylic acids is 1. The first-order valence-electron chi connectivity index (χ1n) is 8.60. The first-order chi connectivity index (χ1) is 13.8. The number of aromatic nitrogens is 4. The van der Waals surface area contributed by atoms with Crippen LogP contribution in [0, 0.1) is 11.3 Å². The molecule has 0 aliphatic rings.